The molecule has 0 aliphatic heterocycles. The number of aromatic nitrogens is 4. The molecular formula is C20H22BrN5O3. The van der Waals surface area contributed by atoms with Crippen LogP contribution in [0.3, 0.4) is 0 Å². The summed E-state index contributed by atoms with van der Waals surface area (Å²) in [7, 11) is 0. The number of benzene rings is 1. The molecule has 152 valence electrons. The summed E-state index contributed by atoms with van der Waals surface area (Å²) < 4.78 is 9.33. The van der Waals surface area contributed by atoms with E-state index in [1.165, 1.54) is 10.9 Å². The number of esters is 1. The molecule has 9 heteroatoms. The molecule has 0 fully saturated rings. The van der Waals surface area contributed by atoms with Crippen LogP contribution in [0, 0.1) is 13.8 Å². The van der Waals surface area contributed by atoms with Gasteiger partial charge in [-0.05, 0) is 48.8 Å². The maximum atomic E-state index is 12.6. The van der Waals surface area contributed by atoms with Crippen molar-refractivity contribution in [2.75, 3.05) is 11.9 Å². The Balaban J connectivity index is 1.82. The standard InChI is InChI=1S/C20H22BrN5O3/c1-4-29-20(28)16-12-22-26(15-8-6-5-7-9-15)19(16)23-17(27)10-11-25-14(3)18(21)13(2)24-25/h5-9,12H,4,10-11H2,1-3H3,(H,23,27). The quantitative estimate of drug-likeness (QED) is 0.544. The number of aryl methyl sites for hydroxylation is 2. The van der Waals surface area contributed by atoms with Crippen molar-refractivity contribution in [2.24, 2.45) is 0 Å². The van der Waals surface area contributed by atoms with Crippen LogP contribution in [0.4, 0.5) is 5.82 Å². The summed E-state index contributed by atoms with van der Waals surface area (Å²) in [6.45, 7) is 6.21. The van der Waals surface area contributed by atoms with Crippen LogP contribution in [0.1, 0.15) is 35.1 Å². The predicted molar refractivity (Wildman–Crippen MR) is 112 cm³/mol. The van der Waals surface area contributed by atoms with Crippen LogP contribution in [-0.4, -0.2) is 38.0 Å². The summed E-state index contributed by atoms with van der Waals surface area (Å²) in [5, 5.41) is 11.5. The lowest BCUT2D eigenvalue weighted by Crippen LogP contribution is -2.20. The van der Waals surface area contributed by atoms with E-state index in [2.05, 4.69) is 31.4 Å². The highest BCUT2D eigenvalue weighted by molar-refractivity contribution is 9.10. The van der Waals surface area contributed by atoms with E-state index in [1.807, 2.05) is 44.2 Å². The Hall–Kier alpha value is -2.94. The Morgan fingerprint density at radius 1 is 1.21 bits per heavy atom. The second-order valence-electron chi connectivity index (χ2n) is 6.38. The number of anilines is 1. The monoisotopic (exact) mass is 459 g/mol. The molecule has 2 aromatic heterocycles. The molecule has 2 heterocycles. The molecule has 0 saturated carbocycles. The minimum atomic E-state index is -0.535. The first-order valence-electron chi connectivity index (χ1n) is 9.22. The Labute approximate surface area is 177 Å². The number of carbonyl (C=O) groups is 2. The summed E-state index contributed by atoms with van der Waals surface area (Å²) in [6, 6.07) is 9.26. The summed E-state index contributed by atoms with van der Waals surface area (Å²) in [5.74, 6) is -0.501. The third-order valence-corrected chi connectivity index (χ3v) is 5.51. The van der Waals surface area contributed by atoms with E-state index in [0.717, 1.165) is 21.5 Å². The molecule has 0 bridgehead atoms. The minimum Gasteiger partial charge on any atom is -0.462 e. The van der Waals surface area contributed by atoms with Gasteiger partial charge in [0.15, 0.2) is 5.82 Å². The van der Waals surface area contributed by atoms with Gasteiger partial charge in [-0.25, -0.2) is 9.48 Å². The average Bonchev–Trinajstić information content (AvgIpc) is 3.23. The number of carbonyl (C=O) groups excluding carboxylic acids is 2. The van der Waals surface area contributed by atoms with Gasteiger partial charge in [-0.2, -0.15) is 10.2 Å². The molecule has 0 spiro atoms. The van der Waals surface area contributed by atoms with E-state index >= 15 is 0 Å². The van der Waals surface area contributed by atoms with Gasteiger partial charge in [0.1, 0.15) is 5.56 Å². The molecule has 0 aliphatic rings. The summed E-state index contributed by atoms with van der Waals surface area (Å²) in [5.41, 5.74) is 2.75. The number of rotatable bonds is 7. The first-order valence-corrected chi connectivity index (χ1v) is 10.0. The summed E-state index contributed by atoms with van der Waals surface area (Å²) in [4.78, 5) is 25.0. The van der Waals surface area contributed by atoms with E-state index in [9.17, 15) is 9.59 Å². The second-order valence-corrected chi connectivity index (χ2v) is 7.17. The summed E-state index contributed by atoms with van der Waals surface area (Å²) in [6.07, 6.45) is 1.59. The zero-order valence-corrected chi connectivity index (χ0v) is 18.1. The SMILES string of the molecule is CCOC(=O)c1cnn(-c2ccccc2)c1NC(=O)CCn1nc(C)c(Br)c1C. The van der Waals surface area contributed by atoms with Gasteiger partial charge in [0, 0.05) is 12.1 Å². The predicted octanol–water partition coefficient (Wildman–Crippen LogP) is 3.65. The van der Waals surface area contributed by atoms with Crippen molar-refractivity contribution in [1.82, 2.24) is 19.6 Å². The molecule has 0 saturated heterocycles. The van der Waals surface area contributed by atoms with Crippen LogP contribution < -0.4 is 5.32 Å². The van der Waals surface area contributed by atoms with Crippen LogP contribution >= 0.6 is 15.9 Å². The van der Waals surface area contributed by atoms with Crippen LogP contribution in [0.2, 0.25) is 0 Å². The highest BCUT2D eigenvalue weighted by Gasteiger charge is 2.21. The smallest absolute Gasteiger partial charge is 0.343 e. The lowest BCUT2D eigenvalue weighted by atomic mass is 10.3. The lowest BCUT2D eigenvalue weighted by Gasteiger charge is -2.11. The normalized spacial score (nSPS) is 10.8. The average molecular weight is 460 g/mol. The van der Waals surface area contributed by atoms with Gasteiger partial charge in [-0.1, -0.05) is 18.2 Å². The maximum absolute atomic E-state index is 12.6. The first kappa shape index (κ1) is 20.8. The molecule has 29 heavy (non-hydrogen) atoms. The number of halogens is 1. The van der Waals surface area contributed by atoms with Crippen molar-refractivity contribution in [3.05, 3.63) is 58.0 Å². The number of para-hydroxylation sites is 1. The molecule has 3 aromatic rings. The molecular weight excluding hydrogens is 438 g/mol. The van der Waals surface area contributed by atoms with Crippen molar-refractivity contribution in [3.63, 3.8) is 0 Å². The highest BCUT2D eigenvalue weighted by Crippen LogP contribution is 2.22. The molecule has 3 rings (SSSR count). The van der Waals surface area contributed by atoms with E-state index in [-0.39, 0.29) is 30.3 Å². The fourth-order valence-electron chi connectivity index (χ4n) is 2.89. The van der Waals surface area contributed by atoms with Crippen LogP contribution in [0.15, 0.2) is 41.0 Å². The fraction of sp³-hybridized carbons (Fsp3) is 0.300. The van der Waals surface area contributed by atoms with Gasteiger partial charge < -0.3 is 10.1 Å². The zero-order valence-electron chi connectivity index (χ0n) is 16.5. The van der Waals surface area contributed by atoms with Gasteiger partial charge >= 0.3 is 5.97 Å². The van der Waals surface area contributed by atoms with E-state index < -0.39 is 5.97 Å². The largest absolute Gasteiger partial charge is 0.462 e. The van der Waals surface area contributed by atoms with Crippen LogP contribution in [-0.2, 0) is 16.1 Å². The molecule has 0 atom stereocenters. The number of hydrogen-bond donors (Lipinski definition) is 1. The molecule has 0 radical (unpaired) electrons. The number of ether oxygens (including phenoxy) is 1. The number of amides is 1. The molecule has 0 aliphatic carbocycles. The van der Waals surface area contributed by atoms with E-state index in [4.69, 9.17) is 4.74 Å². The Morgan fingerprint density at radius 3 is 2.55 bits per heavy atom. The van der Waals surface area contributed by atoms with Crippen molar-refractivity contribution < 1.29 is 14.3 Å². The fourth-order valence-corrected chi connectivity index (χ4v) is 3.17. The molecule has 1 aromatic carbocycles. The van der Waals surface area contributed by atoms with E-state index in [0.29, 0.717) is 6.54 Å². The minimum absolute atomic E-state index is 0.191. The van der Waals surface area contributed by atoms with Gasteiger partial charge in [-0.15, -0.1) is 0 Å². The molecule has 0 unspecified atom stereocenters. The van der Waals surface area contributed by atoms with Crippen molar-refractivity contribution in [2.45, 2.75) is 33.7 Å². The lowest BCUT2D eigenvalue weighted by molar-refractivity contribution is -0.116. The van der Waals surface area contributed by atoms with Gasteiger partial charge in [0.2, 0.25) is 5.91 Å². The Bertz CT molecular complexity index is 1030. The third-order valence-electron chi connectivity index (χ3n) is 4.37. The van der Waals surface area contributed by atoms with Gasteiger partial charge in [0.25, 0.3) is 0 Å². The number of nitrogens with zero attached hydrogens (tertiary/aromatic N) is 4. The Morgan fingerprint density at radius 2 is 1.93 bits per heavy atom. The maximum Gasteiger partial charge on any atom is 0.343 e. The Kier molecular flexibility index (Phi) is 6.48. The molecule has 8 nitrogen and oxygen atoms in total. The van der Waals surface area contributed by atoms with Crippen molar-refractivity contribution in [1.29, 1.82) is 0 Å². The van der Waals surface area contributed by atoms with Crippen molar-refractivity contribution in [3.8, 4) is 5.69 Å². The van der Waals surface area contributed by atoms with Crippen LogP contribution in [0.5, 0.6) is 0 Å². The van der Waals surface area contributed by atoms with Crippen LogP contribution in [0.25, 0.3) is 5.69 Å². The van der Waals surface area contributed by atoms with Crippen molar-refractivity contribution >= 4 is 33.6 Å². The van der Waals surface area contributed by atoms with Gasteiger partial charge in [0.05, 0.1) is 35.2 Å². The number of hydrogen-bond acceptors (Lipinski definition) is 5. The molecule has 1 amide bonds. The first-order chi connectivity index (χ1) is 13.9. The summed E-state index contributed by atoms with van der Waals surface area (Å²) >= 11 is 3.48. The topological polar surface area (TPSA) is 91.0 Å². The third kappa shape index (κ3) is 4.56. The van der Waals surface area contributed by atoms with Gasteiger partial charge in [-0.3, -0.25) is 9.48 Å². The number of nitrogens with one attached hydrogen (secondary N) is 1. The van der Waals surface area contributed by atoms with E-state index in [1.54, 1.807) is 11.6 Å². The highest BCUT2D eigenvalue weighted by atomic mass is 79.9. The molecule has 1 N–H and O–H groups in total. The zero-order chi connectivity index (χ0) is 21.0. The second kappa shape index (κ2) is 9.04.